The van der Waals surface area contributed by atoms with Gasteiger partial charge in [0, 0.05) is 13.1 Å². The van der Waals surface area contributed by atoms with Gasteiger partial charge in [-0.25, -0.2) is 12.8 Å². The summed E-state index contributed by atoms with van der Waals surface area (Å²) in [6.07, 6.45) is 0.846. The number of nitrogens with two attached hydrogens (primary N) is 1. The summed E-state index contributed by atoms with van der Waals surface area (Å²) in [7, 11) is -3.66. The maximum Gasteiger partial charge on any atom is 0.245 e. The second-order valence-electron chi connectivity index (χ2n) is 5.46. The van der Waals surface area contributed by atoms with Crippen LogP contribution in [0.15, 0.2) is 21.5 Å². The molecule has 2 rings (SSSR count). The Kier molecular flexibility index (Phi) is 4.41. The highest BCUT2D eigenvalue weighted by Gasteiger charge is 2.35. The van der Waals surface area contributed by atoms with Crippen LogP contribution in [0.4, 0.5) is 10.1 Å². The van der Waals surface area contributed by atoms with Crippen LogP contribution in [-0.2, 0) is 10.0 Å². The molecule has 20 heavy (non-hydrogen) atoms. The van der Waals surface area contributed by atoms with Gasteiger partial charge in [0.15, 0.2) is 0 Å². The first kappa shape index (κ1) is 15.7. The second kappa shape index (κ2) is 5.61. The highest BCUT2D eigenvalue weighted by molar-refractivity contribution is 9.10. The van der Waals surface area contributed by atoms with Crippen molar-refractivity contribution in [1.82, 2.24) is 4.31 Å². The molecule has 1 saturated heterocycles. The number of halogens is 2. The smallest absolute Gasteiger partial charge is 0.245 e. The number of sulfonamides is 1. The van der Waals surface area contributed by atoms with E-state index in [1.165, 1.54) is 10.4 Å². The number of anilines is 1. The van der Waals surface area contributed by atoms with E-state index in [2.05, 4.69) is 29.8 Å². The van der Waals surface area contributed by atoms with Gasteiger partial charge in [-0.05, 0) is 46.3 Å². The van der Waals surface area contributed by atoms with Crippen LogP contribution in [0, 0.1) is 17.7 Å². The first-order valence-corrected chi connectivity index (χ1v) is 8.71. The molecule has 1 aliphatic heterocycles. The zero-order chi connectivity index (χ0) is 15.1. The molecule has 1 aromatic rings. The summed E-state index contributed by atoms with van der Waals surface area (Å²) in [4.78, 5) is -0.0322. The van der Waals surface area contributed by atoms with Crippen LogP contribution in [0.1, 0.15) is 20.3 Å². The lowest BCUT2D eigenvalue weighted by Crippen LogP contribution is -2.30. The van der Waals surface area contributed by atoms with E-state index in [4.69, 9.17) is 5.73 Å². The molecule has 4 nitrogen and oxygen atoms in total. The van der Waals surface area contributed by atoms with E-state index in [1.54, 1.807) is 0 Å². The molecule has 0 amide bonds. The van der Waals surface area contributed by atoms with Crippen LogP contribution in [0.2, 0.25) is 0 Å². The molecular formula is C13H18BrFN2O2S. The predicted octanol–water partition coefficient (Wildman–Crippen LogP) is 2.84. The first-order valence-electron chi connectivity index (χ1n) is 6.48. The molecule has 0 aliphatic carbocycles. The standard InChI is InChI=1S/C13H18BrFN2O2S/c1-8(2)9-3-4-17(7-9)20(18,19)13-5-10(14)11(15)6-12(13)16/h5-6,8-9H,3-4,7,16H2,1-2H3. The minimum atomic E-state index is -3.66. The molecule has 1 fully saturated rings. The fourth-order valence-electron chi connectivity index (χ4n) is 2.42. The van der Waals surface area contributed by atoms with Crippen LogP contribution in [0.3, 0.4) is 0 Å². The van der Waals surface area contributed by atoms with E-state index in [1.807, 2.05) is 0 Å². The normalized spacial score (nSPS) is 20.8. The van der Waals surface area contributed by atoms with Crippen molar-refractivity contribution in [2.45, 2.75) is 25.2 Å². The van der Waals surface area contributed by atoms with Crippen molar-refractivity contribution in [3.05, 3.63) is 22.4 Å². The molecule has 0 bridgehead atoms. The van der Waals surface area contributed by atoms with E-state index in [-0.39, 0.29) is 15.1 Å². The SMILES string of the molecule is CC(C)C1CCN(S(=O)(=O)c2cc(Br)c(F)cc2N)C1. The third-order valence-corrected chi connectivity index (χ3v) is 6.33. The molecular weight excluding hydrogens is 347 g/mol. The Hall–Kier alpha value is -0.660. The fourth-order valence-corrected chi connectivity index (χ4v) is 4.55. The number of rotatable bonds is 3. The van der Waals surface area contributed by atoms with Gasteiger partial charge in [-0.1, -0.05) is 13.8 Å². The number of benzene rings is 1. The lowest BCUT2D eigenvalue weighted by Gasteiger charge is -2.19. The average Bonchev–Trinajstić information content (AvgIpc) is 2.83. The lowest BCUT2D eigenvalue weighted by molar-refractivity contribution is 0.388. The predicted molar refractivity (Wildman–Crippen MR) is 80.2 cm³/mol. The fraction of sp³-hybridized carbons (Fsp3) is 0.538. The topological polar surface area (TPSA) is 63.4 Å². The van der Waals surface area contributed by atoms with Gasteiger partial charge in [0.25, 0.3) is 0 Å². The molecule has 0 saturated carbocycles. The quantitative estimate of drug-likeness (QED) is 0.838. The number of nitrogen functional groups attached to an aromatic ring is 1. The summed E-state index contributed by atoms with van der Waals surface area (Å²) in [6.45, 7) is 5.15. The van der Waals surface area contributed by atoms with Crippen molar-refractivity contribution >= 4 is 31.6 Å². The Bertz CT molecular complexity index is 619. The van der Waals surface area contributed by atoms with E-state index in [9.17, 15) is 12.8 Å². The Morgan fingerprint density at radius 3 is 2.65 bits per heavy atom. The molecule has 7 heteroatoms. The van der Waals surface area contributed by atoms with Crippen molar-refractivity contribution < 1.29 is 12.8 Å². The monoisotopic (exact) mass is 364 g/mol. The van der Waals surface area contributed by atoms with Crippen LogP contribution in [0.25, 0.3) is 0 Å². The lowest BCUT2D eigenvalue weighted by atomic mass is 9.96. The van der Waals surface area contributed by atoms with Crippen LogP contribution in [-0.4, -0.2) is 25.8 Å². The second-order valence-corrected chi connectivity index (χ2v) is 8.22. The Morgan fingerprint density at radius 1 is 1.45 bits per heavy atom. The van der Waals surface area contributed by atoms with Gasteiger partial charge in [0.2, 0.25) is 10.0 Å². The van der Waals surface area contributed by atoms with Crippen LogP contribution >= 0.6 is 15.9 Å². The van der Waals surface area contributed by atoms with Crippen molar-refractivity contribution in [3.63, 3.8) is 0 Å². The van der Waals surface area contributed by atoms with E-state index < -0.39 is 15.8 Å². The zero-order valence-electron chi connectivity index (χ0n) is 11.4. The molecule has 0 aromatic heterocycles. The number of hydrogen-bond donors (Lipinski definition) is 1. The van der Waals surface area contributed by atoms with Crippen LogP contribution < -0.4 is 5.73 Å². The van der Waals surface area contributed by atoms with Gasteiger partial charge in [0.05, 0.1) is 10.2 Å². The van der Waals surface area contributed by atoms with Crippen molar-refractivity contribution in [1.29, 1.82) is 0 Å². The summed E-state index contributed by atoms with van der Waals surface area (Å²) in [5.74, 6) is 0.227. The third kappa shape index (κ3) is 2.84. The maximum absolute atomic E-state index is 13.4. The number of hydrogen-bond acceptors (Lipinski definition) is 3. The summed E-state index contributed by atoms with van der Waals surface area (Å²) < 4.78 is 40.1. The van der Waals surface area contributed by atoms with Gasteiger partial charge in [-0.2, -0.15) is 4.31 Å². The van der Waals surface area contributed by atoms with Gasteiger partial charge in [-0.15, -0.1) is 0 Å². The first-order chi connectivity index (χ1) is 9.23. The molecule has 1 unspecified atom stereocenters. The van der Waals surface area contributed by atoms with Gasteiger partial charge >= 0.3 is 0 Å². The average molecular weight is 365 g/mol. The molecule has 0 spiro atoms. The molecule has 112 valence electrons. The van der Waals surface area contributed by atoms with E-state index in [0.29, 0.717) is 24.9 Å². The minimum Gasteiger partial charge on any atom is -0.398 e. The zero-order valence-corrected chi connectivity index (χ0v) is 13.8. The van der Waals surface area contributed by atoms with Crippen molar-refractivity contribution in [2.75, 3.05) is 18.8 Å². The van der Waals surface area contributed by atoms with Crippen molar-refractivity contribution in [2.24, 2.45) is 11.8 Å². The molecule has 0 radical (unpaired) electrons. The molecule has 2 N–H and O–H groups in total. The highest BCUT2D eigenvalue weighted by atomic mass is 79.9. The Labute approximate surface area is 127 Å². The van der Waals surface area contributed by atoms with Gasteiger partial charge < -0.3 is 5.73 Å². The maximum atomic E-state index is 13.4. The van der Waals surface area contributed by atoms with E-state index >= 15 is 0 Å². The summed E-state index contributed by atoms with van der Waals surface area (Å²) in [6, 6.07) is 2.27. The molecule has 1 aromatic carbocycles. The largest absolute Gasteiger partial charge is 0.398 e. The summed E-state index contributed by atoms with van der Waals surface area (Å²) in [5.41, 5.74) is 5.62. The molecule has 1 aliphatic rings. The summed E-state index contributed by atoms with van der Waals surface area (Å²) in [5, 5.41) is 0. The summed E-state index contributed by atoms with van der Waals surface area (Å²) >= 11 is 3.00. The minimum absolute atomic E-state index is 0.0322. The molecule has 1 heterocycles. The third-order valence-electron chi connectivity index (χ3n) is 3.80. The van der Waals surface area contributed by atoms with Crippen molar-refractivity contribution in [3.8, 4) is 0 Å². The number of nitrogens with zero attached hydrogens (tertiary/aromatic N) is 1. The van der Waals surface area contributed by atoms with Crippen LogP contribution in [0.5, 0.6) is 0 Å². The Balaban J connectivity index is 2.35. The molecule has 1 atom stereocenters. The highest BCUT2D eigenvalue weighted by Crippen LogP contribution is 2.32. The van der Waals surface area contributed by atoms with Gasteiger partial charge in [0.1, 0.15) is 10.7 Å². The van der Waals surface area contributed by atoms with Gasteiger partial charge in [-0.3, -0.25) is 0 Å². The Morgan fingerprint density at radius 2 is 2.10 bits per heavy atom. The van der Waals surface area contributed by atoms with E-state index in [0.717, 1.165) is 12.5 Å².